The largest absolute Gasteiger partial charge is 0.368 e. The normalized spacial score (nSPS) is 30.6. The summed E-state index contributed by atoms with van der Waals surface area (Å²) in [6.45, 7) is 6.14. The molecule has 0 aromatic carbocycles. The van der Waals surface area contributed by atoms with Gasteiger partial charge in [-0.1, -0.05) is 13.3 Å². The molecule has 0 aliphatic heterocycles. The minimum Gasteiger partial charge on any atom is -0.368 e. The summed E-state index contributed by atoms with van der Waals surface area (Å²) in [7, 11) is 0. The molecule has 0 radical (unpaired) electrons. The highest BCUT2D eigenvalue weighted by Crippen LogP contribution is 2.44. The molecule has 3 nitrogen and oxygen atoms in total. The van der Waals surface area contributed by atoms with Gasteiger partial charge in [-0.25, -0.2) is 4.98 Å². The van der Waals surface area contributed by atoms with E-state index in [0.29, 0.717) is 0 Å². The molecular formula is C16H26N2OS. The Kier molecular flexibility index (Phi) is 4.43. The number of hydrogen-bond donors (Lipinski definition) is 1. The zero-order valence-corrected chi connectivity index (χ0v) is 13.5. The summed E-state index contributed by atoms with van der Waals surface area (Å²) < 4.78 is 6.21. The first kappa shape index (κ1) is 14.5. The van der Waals surface area contributed by atoms with E-state index in [9.17, 15) is 0 Å². The quantitative estimate of drug-likeness (QED) is 0.865. The van der Waals surface area contributed by atoms with Crippen molar-refractivity contribution in [1.82, 2.24) is 10.3 Å². The van der Waals surface area contributed by atoms with E-state index in [1.165, 1.54) is 36.4 Å². The van der Waals surface area contributed by atoms with Gasteiger partial charge in [0.15, 0.2) is 0 Å². The number of rotatable bonds is 6. The summed E-state index contributed by atoms with van der Waals surface area (Å²) in [5, 5.41) is 6.97. The maximum atomic E-state index is 6.21. The summed E-state index contributed by atoms with van der Waals surface area (Å²) in [5.74, 6) is 0.743. The predicted molar refractivity (Wildman–Crippen MR) is 82.9 cm³/mol. The van der Waals surface area contributed by atoms with E-state index < -0.39 is 0 Å². The molecule has 1 N–H and O–H groups in total. The second kappa shape index (κ2) is 6.12. The van der Waals surface area contributed by atoms with Crippen LogP contribution >= 0.6 is 11.3 Å². The second-order valence-corrected chi connectivity index (χ2v) is 7.29. The highest BCUT2D eigenvalue weighted by atomic mass is 32.1. The van der Waals surface area contributed by atoms with Gasteiger partial charge in [0.05, 0.1) is 5.69 Å². The van der Waals surface area contributed by atoms with Crippen molar-refractivity contribution < 1.29 is 4.74 Å². The van der Waals surface area contributed by atoms with Crippen LogP contribution in [0.5, 0.6) is 0 Å². The summed E-state index contributed by atoms with van der Waals surface area (Å²) in [6.07, 6.45) is 7.51. The fraction of sp³-hybridized carbons (Fsp3) is 0.812. The van der Waals surface area contributed by atoms with E-state index in [4.69, 9.17) is 9.72 Å². The van der Waals surface area contributed by atoms with Crippen molar-refractivity contribution >= 4 is 11.3 Å². The standard InChI is InChI=1S/C16H26N2OS/c1-3-19-16(8-4-5-12(2)9-16)15-18-14(11-20-15)10-17-13-6-7-13/h11-13,17H,3-10H2,1-2H3. The molecule has 1 aromatic heterocycles. The van der Waals surface area contributed by atoms with Crippen molar-refractivity contribution in [1.29, 1.82) is 0 Å². The fourth-order valence-electron chi connectivity index (χ4n) is 3.30. The third-order valence-electron chi connectivity index (χ3n) is 4.47. The Labute approximate surface area is 126 Å². The van der Waals surface area contributed by atoms with Crippen LogP contribution < -0.4 is 5.32 Å². The second-order valence-electron chi connectivity index (χ2n) is 6.43. The van der Waals surface area contributed by atoms with Crippen LogP contribution in [-0.2, 0) is 16.9 Å². The summed E-state index contributed by atoms with van der Waals surface area (Å²) >= 11 is 1.79. The SMILES string of the molecule is CCOC1(c2nc(CNC3CC3)cs2)CCCC(C)C1. The van der Waals surface area contributed by atoms with Crippen molar-refractivity contribution in [2.24, 2.45) is 5.92 Å². The molecule has 2 fully saturated rings. The number of nitrogens with zero attached hydrogens (tertiary/aromatic N) is 1. The van der Waals surface area contributed by atoms with Crippen molar-refractivity contribution in [3.05, 3.63) is 16.1 Å². The third kappa shape index (κ3) is 3.23. The molecule has 3 rings (SSSR count). The third-order valence-corrected chi connectivity index (χ3v) is 5.54. The van der Waals surface area contributed by atoms with E-state index in [-0.39, 0.29) is 5.60 Å². The van der Waals surface area contributed by atoms with Crippen LogP contribution in [0.3, 0.4) is 0 Å². The maximum absolute atomic E-state index is 6.21. The average molecular weight is 294 g/mol. The van der Waals surface area contributed by atoms with Gasteiger partial charge in [-0.2, -0.15) is 0 Å². The number of aromatic nitrogens is 1. The predicted octanol–water partition coefficient (Wildman–Crippen LogP) is 3.84. The van der Waals surface area contributed by atoms with Crippen molar-refractivity contribution in [3.63, 3.8) is 0 Å². The van der Waals surface area contributed by atoms with Crippen LogP contribution in [0.25, 0.3) is 0 Å². The number of thiazole rings is 1. The molecule has 4 heteroatoms. The molecular weight excluding hydrogens is 268 g/mol. The number of nitrogens with one attached hydrogen (secondary N) is 1. The Morgan fingerprint density at radius 2 is 2.30 bits per heavy atom. The molecule has 2 unspecified atom stereocenters. The molecule has 1 aromatic rings. The highest BCUT2D eigenvalue weighted by Gasteiger charge is 2.39. The fourth-order valence-corrected chi connectivity index (χ4v) is 4.31. The molecule has 112 valence electrons. The van der Waals surface area contributed by atoms with Gasteiger partial charge in [-0.3, -0.25) is 0 Å². The molecule has 2 aliphatic rings. The van der Waals surface area contributed by atoms with Crippen LogP contribution in [0.4, 0.5) is 0 Å². The van der Waals surface area contributed by atoms with Gasteiger partial charge in [0.25, 0.3) is 0 Å². The van der Waals surface area contributed by atoms with Gasteiger partial charge in [0.2, 0.25) is 0 Å². The lowest BCUT2D eigenvalue weighted by Gasteiger charge is -2.38. The average Bonchev–Trinajstić information content (AvgIpc) is 3.13. The Hall–Kier alpha value is -0.450. The van der Waals surface area contributed by atoms with Crippen molar-refractivity contribution in [2.45, 2.75) is 70.6 Å². The molecule has 0 amide bonds. The lowest BCUT2D eigenvalue weighted by atomic mass is 9.79. The first-order chi connectivity index (χ1) is 9.72. The Balaban J connectivity index is 1.72. The molecule has 0 bridgehead atoms. The molecule has 2 atom stereocenters. The maximum Gasteiger partial charge on any atom is 0.125 e. The Morgan fingerprint density at radius 3 is 3.00 bits per heavy atom. The van der Waals surface area contributed by atoms with E-state index in [1.807, 2.05) is 0 Å². The van der Waals surface area contributed by atoms with Crippen LogP contribution in [0.1, 0.15) is 63.1 Å². The Morgan fingerprint density at radius 1 is 1.45 bits per heavy atom. The van der Waals surface area contributed by atoms with Gasteiger partial charge in [-0.15, -0.1) is 11.3 Å². The molecule has 0 spiro atoms. The molecule has 20 heavy (non-hydrogen) atoms. The highest BCUT2D eigenvalue weighted by molar-refractivity contribution is 7.09. The smallest absolute Gasteiger partial charge is 0.125 e. The van der Waals surface area contributed by atoms with Gasteiger partial charge < -0.3 is 10.1 Å². The van der Waals surface area contributed by atoms with Crippen molar-refractivity contribution in [3.8, 4) is 0 Å². The minimum absolute atomic E-state index is 0.102. The van der Waals surface area contributed by atoms with E-state index in [0.717, 1.165) is 38.0 Å². The molecule has 2 saturated carbocycles. The molecule has 2 aliphatic carbocycles. The zero-order valence-electron chi connectivity index (χ0n) is 12.7. The van der Waals surface area contributed by atoms with Crippen molar-refractivity contribution in [2.75, 3.05) is 6.61 Å². The van der Waals surface area contributed by atoms with Crippen LogP contribution in [0.15, 0.2) is 5.38 Å². The lowest BCUT2D eigenvalue weighted by Crippen LogP contribution is -2.35. The molecule has 1 heterocycles. The van der Waals surface area contributed by atoms with Crippen LogP contribution in [0.2, 0.25) is 0 Å². The zero-order chi connectivity index (χ0) is 14.0. The van der Waals surface area contributed by atoms with E-state index in [1.54, 1.807) is 11.3 Å². The van der Waals surface area contributed by atoms with E-state index in [2.05, 4.69) is 24.5 Å². The Bertz CT molecular complexity index is 439. The van der Waals surface area contributed by atoms with E-state index >= 15 is 0 Å². The van der Waals surface area contributed by atoms with Gasteiger partial charge >= 0.3 is 0 Å². The number of hydrogen-bond acceptors (Lipinski definition) is 4. The van der Waals surface area contributed by atoms with Gasteiger partial charge in [0.1, 0.15) is 10.6 Å². The minimum atomic E-state index is -0.102. The summed E-state index contributed by atoms with van der Waals surface area (Å²) in [5.41, 5.74) is 1.09. The van der Waals surface area contributed by atoms with Gasteiger partial charge in [0, 0.05) is 24.6 Å². The van der Waals surface area contributed by atoms with Crippen LogP contribution in [-0.4, -0.2) is 17.6 Å². The summed E-state index contributed by atoms with van der Waals surface area (Å²) in [6, 6.07) is 0.746. The lowest BCUT2D eigenvalue weighted by molar-refractivity contribution is -0.0821. The monoisotopic (exact) mass is 294 g/mol. The first-order valence-corrected chi connectivity index (χ1v) is 8.92. The molecule has 0 saturated heterocycles. The van der Waals surface area contributed by atoms with Gasteiger partial charge in [-0.05, 0) is 44.9 Å². The topological polar surface area (TPSA) is 34.1 Å². The summed E-state index contributed by atoms with van der Waals surface area (Å²) in [4.78, 5) is 4.89. The van der Waals surface area contributed by atoms with Crippen LogP contribution in [0, 0.1) is 5.92 Å². The number of ether oxygens (including phenoxy) is 1. The first-order valence-electron chi connectivity index (χ1n) is 8.04.